The number of hydrogen-bond acceptors (Lipinski definition) is 6. The van der Waals surface area contributed by atoms with Crippen LogP contribution in [0.4, 0.5) is 15.8 Å². The molecule has 2 heterocycles. The normalized spacial score (nSPS) is 13.6. The summed E-state index contributed by atoms with van der Waals surface area (Å²) in [5.41, 5.74) is 2.56. The van der Waals surface area contributed by atoms with Crippen molar-refractivity contribution in [3.63, 3.8) is 0 Å². The fraction of sp³-hybridized carbons (Fsp3) is 0.0417. The largest absolute Gasteiger partial charge is 0.506 e. The molecule has 3 aromatic carbocycles. The average Bonchev–Trinajstić information content (AvgIpc) is 3.23. The summed E-state index contributed by atoms with van der Waals surface area (Å²) in [6, 6.07) is 15.0. The van der Waals surface area contributed by atoms with Crippen LogP contribution in [0, 0.1) is 5.82 Å². The molecule has 5 rings (SSSR count). The Balaban J connectivity index is 1.66. The van der Waals surface area contributed by atoms with Crippen LogP contribution in [-0.4, -0.2) is 28.5 Å². The van der Waals surface area contributed by atoms with Crippen molar-refractivity contribution in [3.05, 3.63) is 85.1 Å². The van der Waals surface area contributed by atoms with Gasteiger partial charge in [-0.25, -0.2) is 14.1 Å². The van der Waals surface area contributed by atoms with Crippen molar-refractivity contribution >= 4 is 66.7 Å². The van der Waals surface area contributed by atoms with Crippen LogP contribution < -0.4 is 14.9 Å². The number of phenols is 1. The highest BCUT2D eigenvalue weighted by Gasteiger charge is 2.18. The third-order valence-electron chi connectivity index (χ3n) is 5.03. The van der Waals surface area contributed by atoms with Gasteiger partial charge in [-0.2, -0.15) is 5.10 Å². The van der Waals surface area contributed by atoms with Crippen LogP contribution >= 0.6 is 43.2 Å². The van der Waals surface area contributed by atoms with Gasteiger partial charge in [0.1, 0.15) is 23.0 Å². The zero-order valence-electron chi connectivity index (χ0n) is 17.7. The summed E-state index contributed by atoms with van der Waals surface area (Å²) in [6.45, 7) is -0.0353. The molecule has 0 unspecified atom stereocenters. The molecular formula is C24H15Br2FN4O3S. The highest BCUT2D eigenvalue weighted by atomic mass is 79.9. The highest BCUT2D eigenvalue weighted by molar-refractivity contribution is 9.11. The number of halogens is 3. The lowest BCUT2D eigenvalue weighted by Crippen LogP contribution is -2.25. The van der Waals surface area contributed by atoms with Gasteiger partial charge in [-0.1, -0.05) is 28.1 Å². The van der Waals surface area contributed by atoms with Crippen LogP contribution in [0.15, 0.2) is 79.0 Å². The maximum absolute atomic E-state index is 14.3. The summed E-state index contributed by atoms with van der Waals surface area (Å²) >= 11 is 8.00. The van der Waals surface area contributed by atoms with E-state index in [0.29, 0.717) is 32.0 Å². The maximum Gasteiger partial charge on any atom is 0.262 e. The van der Waals surface area contributed by atoms with E-state index in [4.69, 9.17) is 4.74 Å². The number of fused-ring (bicyclic) bond motifs is 1. The Hall–Kier alpha value is -3.28. The molecule has 35 heavy (non-hydrogen) atoms. The third-order valence-corrected chi connectivity index (χ3v) is 6.91. The number of benzene rings is 3. The van der Waals surface area contributed by atoms with E-state index in [1.54, 1.807) is 47.1 Å². The van der Waals surface area contributed by atoms with E-state index in [-0.39, 0.29) is 24.0 Å². The molecule has 1 amide bonds. The second kappa shape index (κ2) is 9.76. The number of anilines is 1. The van der Waals surface area contributed by atoms with Gasteiger partial charge in [-0.15, -0.1) is 11.3 Å². The fourth-order valence-corrected chi connectivity index (χ4v) is 5.49. The Morgan fingerprint density at radius 3 is 2.83 bits per heavy atom. The summed E-state index contributed by atoms with van der Waals surface area (Å²) in [7, 11) is 0. The summed E-state index contributed by atoms with van der Waals surface area (Å²) in [6.07, 6.45) is 1.49. The first-order valence-electron chi connectivity index (χ1n) is 10.2. The second-order valence-corrected chi connectivity index (χ2v) is 10.0. The number of aromatic nitrogens is 1. The summed E-state index contributed by atoms with van der Waals surface area (Å²) < 4.78 is 22.6. The lowest BCUT2D eigenvalue weighted by Gasteiger charge is -2.18. The molecule has 0 bridgehead atoms. The van der Waals surface area contributed by atoms with Gasteiger partial charge in [0, 0.05) is 21.0 Å². The van der Waals surface area contributed by atoms with Gasteiger partial charge < -0.3 is 15.2 Å². The molecule has 0 fully saturated rings. The van der Waals surface area contributed by atoms with E-state index in [9.17, 15) is 14.3 Å². The molecule has 0 spiro atoms. The molecule has 0 saturated heterocycles. The van der Waals surface area contributed by atoms with Crippen LogP contribution in [0.5, 0.6) is 11.5 Å². The van der Waals surface area contributed by atoms with Crippen LogP contribution in [-0.2, 0) is 4.79 Å². The summed E-state index contributed by atoms with van der Waals surface area (Å²) in [4.78, 5) is 16.7. The van der Waals surface area contributed by atoms with Crippen LogP contribution in [0.2, 0.25) is 0 Å². The summed E-state index contributed by atoms with van der Waals surface area (Å²) in [5.74, 6) is -0.105. The maximum atomic E-state index is 14.3. The van der Waals surface area contributed by atoms with Gasteiger partial charge in [0.25, 0.3) is 5.91 Å². The minimum Gasteiger partial charge on any atom is -0.506 e. The van der Waals surface area contributed by atoms with Gasteiger partial charge >= 0.3 is 0 Å². The van der Waals surface area contributed by atoms with Crippen molar-refractivity contribution in [1.82, 2.24) is 4.68 Å². The zero-order valence-corrected chi connectivity index (χ0v) is 21.7. The quantitative estimate of drug-likeness (QED) is 0.274. The first-order chi connectivity index (χ1) is 16.9. The van der Waals surface area contributed by atoms with E-state index in [2.05, 4.69) is 47.3 Å². The Kier molecular flexibility index (Phi) is 6.54. The van der Waals surface area contributed by atoms with E-state index < -0.39 is 5.82 Å². The number of aromatic hydroxyl groups is 1. The van der Waals surface area contributed by atoms with Crippen molar-refractivity contribution in [2.24, 2.45) is 10.1 Å². The molecular weight excluding hydrogens is 603 g/mol. The van der Waals surface area contributed by atoms with Gasteiger partial charge in [0.2, 0.25) is 4.80 Å². The monoisotopic (exact) mass is 616 g/mol. The lowest BCUT2D eigenvalue weighted by atomic mass is 10.1. The van der Waals surface area contributed by atoms with Gasteiger partial charge in [-0.05, 0) is 58.4 Å². The molecule has 0 atom stereocenters. The Morgan fingerprint density at radius 1 is 1.17 bits per heavy atom. The Morgan fingerprint density at radius 2 is 2.00 bits per heavy atom. The Labute approximate surface area is 219 Å². The predicted octanol–water partition coefficient (Wildman–Crippen LogP) is 6.03. The summed E-state index contributed by atoms with van der Waals surface area (Å²) in [5, 5.41) is 19.6. The van der Waals surface area contributed by atoms with E-state index >= 15 is 0 Å². The first-order valence-corrected chi connectivity index (χ1v) is 12.6. The van der Waals surface area contributed by atoms with Crippen molar-refractivity contribution in [2.75, 3.05) is 11.9 Å². The molecule has 1 aromatic heterocycles. The molecule has 176 valence electrons. The third kappa shape index (κ3) is 4.93. The minimum atomic E-state index is -0.458. The predicted molar refractivity (Wildman–Crippen MR) is 140 cm³/mol. The number of amides is 1. The first kappa shape index (κ1) is 23.5. The van der Waals surface area contributed by atoms with Crippen LogP contribution in [0.3, 0.4) is 0 Å². The smallest absolute Gasteiger partial charge is 0.262 e. The lowest BCUT2D eigenvalue weighted by molar-refractivity contribution is -0.118. The average molecular weight is 618 g/mol. The van der Waals surface area contributed by atoms with Gasteiger partial charge in [0.05, 0.1) is 22.1 Å². The minimum absolute atomic E-state index is 0.0237. The molecule has 0 saturated carbocycles. The van der Waals surface area contributed by atoms with Crippen molar-refractivity contribution in [3.8, 4) is 22.8 Å². The van der Waals surface area contributed by atoms with Crippen molar-refractivity contribution in [1.29, 1.82) is 0 Å². The number of carbonyl (C=O) groups is 1. The molecule has 7 nitrogen and oxygen atoms in total. The highest BCUT2D eigenvalue weighted by Crippen LogP contribution is 2.34. The molecule has 2 N–H and O–H groups in total. The molecule has 1 aliphatic heterocycles. The van der Waals surface area contributed by atoms with Crippen molar-refractivity contribution < 1.29 is 19.0 Å². The molecule has 0 radical (unpaired) electrons. The topological polar surface area (TPSA) is 88.2 Å². The number of ether oxygens (including phenoxy) is 1. The number of carbonyl (C=O) groups excluding carboxylic acids is 1. The molecule has 11 heteroatoms. The second-order valence-electron chi connectivity index (χ2n) is 7.40. The number of rotatable bonds is 4. The Bertz CT molecular complexity index is 1560. The van der Waals surface area contributed by atoms with E-state index in [0.717, 1.165) is 10.0 Å². The van der Waals surface area contributed by atoms with E-state index in [1.807, 2.05) is 11.4 Å². The molecule has 1 aliphatic rings. The van der Waals surface area contributed by atoms with Crippen LogP contribution in [0.25, 0.3) is 11.3 Å². The number of phenolic OH excluding ortho intramolecular Hbond substituents is 1. The SMILES string of the molecule is O=C1COc2ccc(-c3csc(=Nc4ccccc4F)n3N=Cc3cc(Br)cc(Br)c3O)cc2N1. The van der Waals surface area contributed by atoms with Gasteiger partial charge in [-0.3, -0.25) is 4.79 Å². The standard InChI is InChI=1S/C24H15Br2FN4O3S/c25-15-7-14(23(33)16(26)9-15)10-28-31-20(12-35-24(31)30-18-4-2-1-3-17(18)27)13-5-6-21-19(8-13)29-22(32)11-34-21/h1-10,12,33H,11H2,(H,29,32). The number of para-hydroxylation sites is 1. The van der Waals surface area contributed by atoms with Crippen molar-refractivity contribution in [2.45, 2.75) is 0 Å². The number of thiazole rings is 1. The number of nitrogens with one attached hydrogen (secondary N) is 1. The zero-order chi connectivity index (χ0) is 24.5. The number of nitrogens with zero attached hydrogens (tertiary/aromatic N) is 3. The number of hydrogen-bond donors (Lipinski definition) is 2. The van der Waals surface area contributed by atoms with Crippen LogP contribution in [0.1, 0.15) is 5.56 Å². The molecule has 4 aromatic rings. The van der Waals surface area contributed by atoms with E-state index in [1.165, 1.54) is 23.6 Å². The van der Waals surface area contributed by atoms with Gasteiger partial charge in [0.15, 0.2) is 6.61 Å². The fourth-order valence-electron chi connectivity index (χ4n) is 3.38. The molecule has 0 aliphatic carbocycles.